The molecule has 9 heteroatoms. The molecule has 2 aromatic carbocycles. The van der Waals surface area contributed by atoms with Crippen LogP contribution in [0.15, 0.2) is 46.2 Å². The van der Waals surface area contributed by atoms with Crippen LogP contribution in [-0.2, 0) is 20.2 Å². The van der Waals surface area contributed by atoms with E-state index in [0.717, 1.165) is 12.1 Å². The van der Waals surface area contributed by atoms with E-state index in [1.165, 1.54) is 31.3 Å². The van der Waals surface area contributed by atoms with Gasteiger partial charge in [-0.15, -0.1) is 0 Å². The minimum absolute atomic E-state index is 0.0233. The fourth-order valence-electron chi connectivity index (χ4n) is 1.70. The summed E-state index contributed by atoms with van der Waals surface area (Å²) in [5.74, 6) is 0. The van der Waals surface area contributed by atoms with Crippen molar-refractivity contribution >= 4 is 31.0 Å². The van der Waals surface area contributed by atoms with Crippen LogP contribution in [0.1, 0.15) is 0 Å². The Labute approximate surface area is 116 Å². The molecule has 0 saturated carbocycles. The molecular weight excluding hydrogens is 306 g/mol. The summed E-state index contributed by atoms with van der Waals surface area (Å²) in [6, 6.07) is 7.53. The molecule has 0 aliphatic heterocycles. The summed E-state index contributed by atoms with van der Waals surface area (Å²) >= 11 is 0. The molecule has 0 aliphatic rings. The second kappa shape index (κ2) is 5.85. The molecule has 0 saturated heterocycles. The van der Waals surface area contributed by atoms with Crippen LogP contribution in [0.2, 0.25) is 0 Å². The van der Waals surface area contributed by atoms with Gasteiger partial charge in [-0.2, -0.15) is 16.8 Å². The van der Waals surface area contributed by atoms with Gasteiger partial charge in [0.2, 0.25) is 0 Å². The van der Waals surface area contributed by atoms with Gasteiger partial charge in [0.1, 0.15) is 9.79 Å². The Morgan fingerprint density at radius 3 is 1.30 bits per heavy atom. The Morgan fingerprint density at radius 2 is 1.05 bits per heavy atom. The molecule has 0 bridgehead atoms. The fraction of sp³-hybridized carbons (Fsp3) is 0.0909. The molecule has 0 heterocycles. The van der Waals surface area contributed by atoms with Gasteiger partial charge in [0.25, 0.3) is 20.2 Å². The lowest BCUT2D eigenvalue weighted by atomic mass is 10.1. The summed E-state index contributed by atoms with van der Waals surface area (Å²) in [7, 11) is -7.44. The highest BCUT2D eigenvalue weighted by Crippen LogP contribution is 2.27. The molecule has 20 heavy (non-hydrogen) atoms. The molecule has 0 fully saturated rings. The van der Waals surface area contributed by atoms with Gasteiger partial charge in [0, 0.05) is 10.8 Å². The van der Waals surface area contributed by atoms with Crippen LogP contribution in [0.5, 0.6) is 0 Å². The van der Waals surface area contributed by atoms with E-state index in [2.05, 4.69) is 5.73 Å². The van der Waals surface area contributed by atoms with Crippen molar-refractivity contribution in [3.8, 4) is 0 Å². The first-order chi connectivity index (χ1) is 9.21. The van der Waals surface area contributed by atoms with Crippen LogP contribution in [-0.4, -0.2) is 33.0 Å². The molecule has 0 atom stereocenters. The maximum atomic E-state index is 11.2. The predicted octanol–water partition coefficient (Wildman–Crippen LogP) is 0.908. The highest BCUT2D eigenvalue weighted by atomic mass is 32.2. The van der Waals surface area contributed by atoms with Gasteiger partial charge in [0.15, 0.2) is 0 Å². The van der Waals surface area contributed by atoms with E-state index in [0.29, 0.717) is 0 Å². The molecule has 0 aliphatic carbocycles. The van der Waals surface area contributed by atoms with E-state index in [1.54, 1.807) is 0 Å². The molecule has 0 amide bonds. The van der Waals surface area contributed by atoms with Crippen LogP contribution in [0, 0.1) is 0 Å². The highest BCUT2D eigenvalue weighted by molar-refractivity contribution is 7.86. The van der Waals surface area contributed by atoms with Crippen molar-refractivity contribution in [3.05, 3.63) is 36.4 Å². The second-order valence-electron chi connectivity index (χ2n) is 3.56. The van der Waals surface area contributed by atoms with Gasteiger partial charge >= 0.3 is 0 Å². The van der Waals surface area contributed by atoms with Gasteiger partial charge in [-0.25, -0.2) is 0 Å². The van der Waals surface area contributed by atoms with E-state index in [-0.39, 0.29) is 10.8 Å². The number of benzene rings is 2. The number of hydrogen-bond donors (Lipinski definition) is 3. The molecular formula is C11H13NO6S2. The van der Waals surface area contributed by atoms with Crippen LogP contribution in [0.3, 0.4) is 0 Å². The van der Waals surface area contributed by atoms with Gasteiger partial charge in [-0.3, -0.25) is 9.11 Å². The van der Waals surface area contributed by atoms with E-state index in [9.17, 15) is 16.8 Å². The van der Waals surface area contributed by atoms with Crippen molar-refractivity contribution < 1.29 is 25.9 Å². The molecule has 0 aromatic heterocycles. The third kappa shape index (κ3) is 3.32. The average molecular weight is 319 g/mol. The Bertz CT molecular complexity index is 756. The first-order valence-electron chi connectivity index (χ1n) is 5.26. The zero-order valence-corrected chi connectivity index (χ0v) is 12.0. The number of rotatable bonds is 2. The van der Waals surface area contributed by atoms with Crippen molar-refractivity contribution in [1.29, 1.82) is 0 Å². The Balaban J connectivity index is 0.000000956. The minimum atomic E-state index is -4.47. The summed E-state index contributed by atoms with van der Waals surface area (Å²) in [4.78, 5) is -0.823. The van der Waals surface area contributed by atoms with Gasteiger partial charge in [-0.1, -0.05) is 24.3 Å². The monoisotopic (exact) mass is 319 g/mol. The van der Waals surface area contributed by atoms with Crippen molar-refractivity contribution in [3.63, 3.8) is 0 Å². The van der Waals surface area contributed by atoms with E-state index in [1.807, 2.05) is 0 Å². The Morgan fingerprint density at radius 1 is 0.750 bits per heavy atom. The summed E-state index contributed by atoms with van der Waals surface area (Å²) in [5.41, 5.74) is 4.50. The van der Waals surface area contributed by atoms with Crippen molar-refractivity contribution in [2.45, 2.75) is 9.79 Å². The molecule has 4 N–H and O–H groups in total. The highest BCUT2D eigenvalue weighted by Gasteiger charge is 2.18. The standard InChI is InChI=1S/C10H8O6S2.CH5N/c11-17(12,13)9-5-1-3-7-8(9)4-2-6-10(7)18(14,15)16;1-2/h1-6H,(H,11,12,13)(H,14,15,16);2H2,1H3. The third-order valence-corrected chi connectivity index (χ3v) is 4.22. The van der Waals surface area contributed by atoms with Crippen LogP contribution in [0.4, 0.5) is 0 Å². The quantitative estimate of drug-likeness (QED) is 0.700. The average Bonchev–Trinajstić information content (AvgIpc) is 2.37. The largest absolute Gasteiger partial charge is 0.333 e. The third-order valence-electron chi connectivity index (χ3n) is 2.40. The maximum Gasteiger partial charge on any atom is 0.295 e. The van der Waals surface area contributed by atoms with E-state index in [4.69, 9.17) is 9.11 Å². The molecule has 0 radical (unpaired) electrons. The Hall–Kier alpha value is -1.52. The lowest BCUT2D eigenvalue weighted by Crippen LogP contribution is -2.02. The summed E-state index contributed by atoms with van der Waals surface area (Å²) in [5, 5.41) is 0.0465. The summed E-state index contributed by atoms with van der Waals surface area (Å²) in [6.45, 7) is 0. The topological polar surface area (TPSA) is 135 Å². The lowest BCUT2D eigenvalue weighted by molar-refractivity contribution is 0.481. The summed E-state index contributed by atoms with van der Waals surface area (Å²) in [6.07, 6.45) is 0. The van der Waals surface area contributed by atoms with Gasteiger partial charge in [-0.05, 0) is 19.2 Å². The first kappa shape index (κ1) is 16.5. The van der Waals surface area contributed by atoms with Crippen molar-refractivity contribution in [2.75, 3.05) is 7.05 Å². The lowest BCUT2D eigenvalue weighted by Gasteiger charge is -2.06. The first-order valence-corrected chi connectivity index (χ1v) is 8.14. The number of hydrogen-bond acceptors (Lipinski definition) is 5. The Kier molecular flexibility index (Phi) is 4.84. The second-order valence-corrected chi connectivity index (χ2v) is 6.34. The SMILES string of the molecule is CN.O=S(=O)(O)c1cccc2c(S(=O)(=O)O)cccc12. The van der Waals surface area contributed by atoms with E-state index < -0.39 is 30.0 Å². The molecule has 0 unspecified atom stereocenters. The van der Waals surface area contributed by atoms with Gasteiger partial charge in [0.05, 0.1) is 0 Å². The van der Waals surface area contributed by atoms with Crippen LogP contribution < -0.4 is 5.73 Å². The predicted molar refractivity (Wildman–Crippen MR) is 73.7 cm³/mol. The van der Waals surface area contributed by atoms with Crippen LogP contribution in [0.25, 0.3) is 10.8 Å². The zero-order chi connectivity index (χ0) is 15.6. The van der Waals surface area contributed by atoms with Gasteiger partial charge < -0.3 is 5.73 Å². The van der Waals surface area contributed by atoms with Crippen LogP contribution >= 0.6 is 0 Å². The van der Waals surface area contributed by atoms with E-state index >= 15 is 0 Å². The molecule has 2 aromatic rings. The molecule has 110 valence electrons. The van der Waals surface area contributed by atoms with Crippen molar-refractivity contribution in [2.24, 2.45) is 5.73 Å². The summed E-state index contributed by atoms with van der Waals surface area (Å²) < 4.78 is 62.7. The maximum absolute atomic E-state index is 11.2. The smallest absolute Gasteiger partial charge is 0.295 e. The minimum Gasteiger partial charge on any atom is -0.333 e. The normalized spacial score (nSPS) is 11.8. The molecule has 0 spiro atoms. The molecule has 2 rings (SSSR count). The zero-order valence-electron chi connectivity index (χ0n) is 10.4. The number of nitrogens with two attached hydrogens (primary N) is 1. The number of fused-ring (bicyclic) bond motifs is 1. The molecule has 7 nitrogen and oxygen atoms in total. The van der Waals surface area contributed by atoms with Crippen molar-refractivity contribution in [1.82, 2.24) is 0 Å². The fourth-order valence-corrected chi connectivity index (χ4v) is 3.12.